The minimum atomic E-state index is 0.353. The first-order valence-electron chi connectivity index (χ1n) is 6.25. The van der Waals surface area contributed by atoms with Gasteiger partial charge in [-0.05, 0) is 24.3 Å². The SMILES string of the molecule is CON[C@@H](c1ccccc1)C1CCCCC1. The monoisotopic (exact) mass is 219 g/mol. The molecule has 0 heterocycles. The normalized spacial score (nSPS) is 19.6. The first-order valence-corrected chi connectivity index (χ1v) is 6.25. The van der Waals surface area contributed by atoms with Crippen LogP contribution in [0.3, 0.4) is 0 Å². The number of nitrogens with one attached hydrogen (secondary N) is 1. The van der Waals surface area contributed by atoms with E-state index in [0.717, 1.165) is 5.92 Å². The second-order valence-corrected chi connectivity index (χ2v) is 4.61. The van der Waals surface area contributed by atoms with E-state index >= 15 is 0 Å². The van der Waals surface area contributed by atoms with Crippen molar-refractivity contribution in [2.24, 2.45) is 5.92 Å². The van der Waals surface area contributed by atoms with E-state index in [1.165, 1.54) is 37.7 Å². The third kappa shape index (κ3) is 2.83. The molecular weight excluding hydrogens is 198 g/mol. The predicted molar refractivity (Wildman–Crippen MR) is 65.9 cm³/mol. The molecule has 2 rings (SSSR count). The third-order valence-electron chi connectivity index (χ3n) is 3.52. The van der Waals surface area contributed by atoms with E-state index in [-0.39, 0.29) is 0 Å². The van der Waals surface area contributed by atoms with Crippen LogP contribution in [0.25, 0.3) is 0 Å². The van der Waals surface area contributed by atoms with Crippen LogP contribution in [0.4, 0.5) is 0 Å². The minimum absolute atomic E-state index is 0.353. The molecule has 2 nitrogen and oxygen atoms in total. The fraction of sp³-hybridized carbons (Fsp3) is 0.571. The maximum absolute atomic E-state index is 5.16. The molecule has 16 heavy (non-hydrogen) atoms. The zero-order chi connectivity index (χ0) is 11.2. The minimum Gasteiger partial charge on any atom is -0.305 e. The lowest BCUT2D eigenvalue weighted by Gasteiger charge is -2.30. The zero-order valence-corrected chi connectivity index (χ0v) is 9.99. The Balaban J connectivity index is 2.09. The topological polar surface area (TPSA) is 21.3 Å². The van der Waals surface area contributed by atoms with Gasteiger partial charge in [-0.15, -0.1) is 0 Å². The summed E-state index contributed by atoms with van der Waals surface area (Å²) in [5.41, 5.74) is 4.51. The molecule has 0 aromatic heterocycles. The van der Waals surface area contributed by atoms with Crippen LogP contribution < -0.4 is 5.48 Å². The van der Waals surface area contributed by atoms with E-state index in [1.807, 2.05) is 0 Å². The van der Waals surface area contributed by atoms with E-state index < -0.39 is 0 Å². The predicted octanol–water partition coefficient (Wildman–Crippen LogP) is 3.46. The molecule has 1 aromatic rings. The molecule has 88 valence electrons. The standard InChI is InChI=1S/C14H21NO/c1-16-15-14(12-8-4-2-5-9-12)13-10-6-3-7-11-13/h2,4-5,8-9,13-15H,3,6-7,10-11H2,1H3/t14-/m0/s1. The van der Waals surface area contributed by atoms with Crippen LogP contribution in [0.1, 0.15) is 43.7 Å². The van der Waals surface area contributed by atoms with E-state index in [9.17, 15) is 0 Å². The largest absolute Gasteiger partial charge is 0.305 e. The van der Waals surface area contributed by atoms with Gasteiger partial charge in [0.1, 0.15) is 0 Å². The quantitative estimate of drug-likeness (QED) is 0.783. The Labute approximate surface area is 98.0 Å². The molecular formula is C14H21NO. The third-order valence-corrected chi connectivity index (χ3v) is 3.52. The smallest absolute Gasteiger partial charge is 0.0599 e. The van der Waals surface area contributed by atoms with Crippen molar-refractivity contribution in [2.75, 3.05) is 7.11 Å². The van der Waals surface area contributed by atoms with Gasteiger partial charge < -0.3 is 4.84 Å². The van der Waals surface area contributed by atoms with E-state index in [4.69, 9.17) is 4.84 Å². The molecule has 1 atom stereocenters. The maximum atomic E-state index is 5.16. The lowest BCUT2D eigenvalue weighted by Crippen LogP contribution is -2.29. The molecule has 0 bridgehead atoms. The van der Waals surface area contributed by atoms with Gasteiger partial charge in [0.25, 0.3) is 0 Å². The number of rotatable bonds is 4. The first-order chi connectivity index (χ1) is 7.92. The molecule has 1 N–H and O–H groups in total. The van der Waals surface area contributed by atoms with Crippen LogP contribution in [0, 0.1) is 5.92 Å². The lowest BCUT2D eigenvalue weighted by atomic mass is 9.81. The Morgan fingerprint density at radius 3 is 2.44 bits per heavy atom. The molecule has 0 saturated heterocycles. The van der Waals surface area contributed by atoms with Crippen molar-refractivity contribution in [1.29, 1.82) is 0 Å². The van der Waals surface area contributed by atoms with Crippen LogP contribution in [0.2, 0.25) is 0 Å². The Kier molecular flexibility index (Phi) is 4.37. The van der Waals surface area contributed by atoms with Crippen molar-refractivity contribution in [3.63, 3.8) is 0 Å². The molecule has 0 aliphatic heterocycles. The van der Waals surface area contributed by atoms with Gasteiger partial charge in [0, 0.05) is 0 Å². The molecule has 0 radical (unpaired) electrons. The van der Waals surface area contributed by atoms with Crippen LogP contribution in [0.5, 0.6) is 0 Å². The molecule has 0 amide bonds. The average molecular weight is 219 g/mol. The lowest BCUT2D eigenvalue weighted by molar-refractivity contribution is 0.0332. The van der Waals surface area contributed by atoms with E-state index in [1.54, 1.807) is 7.11 Å². The fourth-order valence-electron chi connectivity index (χ4n) is 2.69. The van der Waals surface area contributed by atoms with Gasteiger partial charge >= 0.3 is 0 Å². The Bertz CT molecular complexity index is 293. The summed E-state index contributed by atoms with van der Waals surface area (Å²) in [5, 5.41) is 0. The van der Waals surface area contributed by atoms with Gasteiger partial charge in [-0.3, -0.25) is 0 Å². The Morgan fingerprint density at radius 2 is 1.81 bits per heavy atom. The Morgan fingerprint density at radius 1 is 1.12 bits per heavy atom. The molecule has 2 heteroatoms. The van der Waals surface area contributed by atoms with Gasteiger partial charge in [-0.2, -0.15) is 5.48 Å². The van der Waals surface area contributed by atoms with Crippen molar-refractivity contribution in [2.45, 2.75) is 38.1 Å². The molecule has 1 aliphatic carbocycles. The molecule has 1 aromatic carbocycles. The van der Waals surface area contributed by atoms with Gasteiger partial charge in [0.05, 0.1) is 13.2 Å². The van der Waals surface area contributed by atoms with Gasteiger partial charge in [-0.25, -0.2) is 0 Å². The van der Waals surface area contributed by atoms with Crippen molar-refractivity contribution < 1.29 is 4.84 Å². The van der Waals surface area contributed by atoms with Crippen molar-refractivity contribution in [3.05, 3.63) is 35.9 Å². The van der Waals surface area contributed by atoms with Crippen LogP contribution in [-0.2, 0) is 4.84 Å². The first kappa shape index (κ1) is 11.6. The maximum Gasteiger partial charge on any atom is 0.0599 e. The second-order valence-electron chi connectivity index (χ2n) is 4.61. The number of hydrogen-bond acceptors (Lipinski definition) is 2. The highest BCUT2D eigenvalue weighted by atomic mass is 16.6. The fourth-order valence-corrected chi connectivity index (χ4v) is 2.69. The molecule has 1 aliphatic rings. The Hall–Kier alpha value is -0.860. The summed E-state index contributed by atoms with van der Waals surface area (Å²) >= 11 is 0. The van der Waals surface area contributed by atoms with Crippen LogP contribution >= 0.6 is 0 Å². The van der Waals surface area contributed by atoms with E-state index in [2.05, 4.69) is 35.8 Å². The summed E-state index contributed by atoms with van der Waals surface area (Å²) in [5.74, 6) is 0.719. The highest BCUT2D eigenvalue weighted by Gasteiger charge is 2.24. The molecule has 1 saturated carbocycles. The van der Waals surface area contributed by atoms with Crippen molar-refractivity contribution >= 4 is 0 Å². The van der Waals surface area contributed by atoms with Crippen LogP contribution in [-0.4, -0.2) is 7.11 Å². The highest BCUT2D eigenvalue weighted by Crippen LogP contribution is 2.34. The van der Waals surface area contributed by atoms with Crippen molar-refractivity contribution in [1.82, 2.24) is 5.48 Å². The number of hydroxylamine groups is 1. The number of hydrogen-bond donors (Lipinski definition) is 1. The molecule has 1 fully saturated rings. The summed E-state index contributed by atoms with van der Waals surface area (Å²) in [4.78, 5) is 5.16. The zero-order valence-electron chi connectivity index (χ0n) is 9.99. The number of benzene rings is 1. The summed E-state index contributed by atoms with van der Waals surface area (Å²) in [7, 11) is 1.71. The molecule has 0 unspecified atom stereocenters. The summed E-state index contributed by atoms with van der Waals surface area (Å²) in [6.45, 7) is 0. The second kappa shape index (κ2) is 6.02. The van der Waals surface area contributed by atoms with Crippen LogP contribution in [0.15, 0.2) is 30.3 Å². The van der Waals surface area contributed by atoms with Crippen molar-refractivity contribution in [3.8, 4) is 0 Å². The highest BCUT2D eigenvalue weighted by molar-refractivity contribution is 5.19. The molecule has 0 spiro atoms. The summed E-state index contributed by atoms with van der Waals surface area (Å²) in [6.07, 6.45) is 6.75. The van der Waals surface area contributed by atoms with Gasteiger partial charge in [-0.1, -0.05) is 49.6 Å². The van der Waals surface area contributed by atoms with Gasteiger partial charge in [0.15, 0.2) is 0 Å². The van der Waals surface area contributed by atoms with Gasteiger partial charge in [0.2, 0.25) is 0 Å². The average Bonchev–Trinajstić information content (AvgIpc) is 2.38. The summed E-state index contributed by atoms with van der Waals surface area (Å²) < 4.78 is 0. The van der Waals surface area contributed by atoms with E-state index in [0.29, 0.717) is 6.04 Å². The summed E-state index contributed by atoms with van der Waals surface area (Å²) in [6, 6.07) is 11.0.